The van der Waals surface area contributed by atoms with Gasteiger partial charge in [0.25, 0.3) is 5.56 Å². The molecule has 13 heteroatoms. The van der Waals surface area contributed by atoms with Crippen molar-refractivity contribution in [3.8, 4) is 5.75 Å². The summed E-state index contributed by atoms with van der Waals surface area (Å²) in [6.07, 6.45) is 2.15. The molecule has 3 N–H and O–H groups in total. The van der Waals surface area contributed by atoms with Crippen molar-refractivity contribution in [2.24, 2.45) is 5.92 Å². The molecule has 4 rings (SSSR count). The predicted molar refractivity (Wildman–Crippen MR) is 130 cm³/mol. The number of para-hydroxylation sites is 1. The molecule has 0 amide bonds. The minimum atomic E-state index is -4.09. The van der Waals surface area contributed by atoms with Gasteiger partial charge >= 0.3 is 13.7 Å². The van der Waals surface area contributed by atoms with Gasteiger partial charge in [-0.3, -0.25) is 14.1 Å². The van der Waals surface area contributed by atoms with E-state index in [1.807, 2.05) is 0 Å². The fourth-order valence-corrected chi connectivity index (χ4v) is 5.60. The van der Waals surface area contributed by atoms with Crippen LogP contribution in [0.15, 0.2) is 59.9 Å². The lowest BCUT2D eigenvalue weighted by Crippen LogP contribution is -2.35. The van der Waals surface area contributed by atoms with Crippen LogP contribution in [-0.4, -0.2) is 56.0 Å². The molecule has 0 aliphatic heterocycles. The monoisotopic (exact) mass is 517 g/mol. The molecule has 1 saturated carbocycles. The molecule has 5 atom stereocenters. The Morgan fingerprint density at radius 3 is 2.83 bits per heavy atom. The van der Waals surface area contributed by atoms with Crippen molar-refractivity contribution in [1.82, 2.24) is 24.6 Å². The first kappa shape index (κ1) is 25.8. The van der Waals surface area contributed by atoms with Crippen LogP contribution in [0.1, 0.15) is 26.3 Å². The van der Waals surface area contributed by atoms with Gasteiger partial charge in [-0.25, -0.2) is 14.5 Å². The highest BCUT2D eigenvalue weighted by Crippen LogP contribution is 2.48. The van der Waals surface area contributed by atoms with Crippen molar-refractivity contribution in [2.75, 3.05) is 13.2 Å². The number of fused-ring (bicyclic) bond motifs is 1. The number of nitrogens with zero attached hydrogens (tertiary/aromatic N) is 3. The third-order valence-corrected chi connectivity index (χ3v) is 7.56. The second kappa shape index (κ2) is 10.8. The number of rotatable bonds is 10. The van der Waals surface area contributed by atoms with Crippen LogP contribution in [0.5, 0.6) is 5.75 Å². The van der Waals surface area contributed by atoms with Crippen molar-refractivity contribution in [1.29, 1.82) is 0 Å². The quantitative estimate of drug-likeness (QED) is 0.207. The van der Waals surface area contributed by atoms with E-state index in [2.05, 4.69) is 26.6 Å². The Hall–Kier alpha value is -3.31. The molecule has 12 nitrogen and oxygen atoms in total. The third kappa shape index (κ3) is 5.41. The van der Waals surface area contributed by atoms with Crippen molar-refractivity contribution >= 4 is 24.9 Å². The number of benzene rings is 1. The first-order valence-corrected chi connectivity index (χ1v) is 13.0. The summed E-state index contributed by atoms with van der Waals surface area (Å²) in [5, 5.41) is 13.4. The minimum absolute atomic E-state index is 0.161. The lowest BCUT2D eigenvalue weighted by Gasteiger charge is -2.25. The van der Waals surface area contributed by atoms with E-state index < -0.39 is 37.8 Å². The fourth-order valence-electron chi connectivity index (χ4n) is 4.09. The van der Waals surface area contributed by atoms with E-state index >= 15 is 0 Å². The topological polar surface area (TPSA) is 158 Å². The number of aromatic nitrogens is 4. The summed E-state index contributed by atoms with van der Waals surface area (Å²) in [6.45, 7) is 7.23. The van der Waals surface area contributed by atoms with Crippen LogP contribution in [0.4, 0.5) is 0 Å². The Bertz CT molecular complexity index is 1340. The summed E-state index contributed by atoms with van der Waals surface area (Å²) in [7, 11) is -4.09. The van der Waals surface area contributed by atoms with Crippen LogP contribution in [-0.2, 0) is 18.6 Å². The SMILES string of the molecule is C=C1[C@H](COP(=O)(N[C@@H](C)C(=O)OCC)Oc2ccccc2)[C@@H](O)C[C@@H]1n1cnc2c(=O)[nH]cnc21. The average Bonchev–Trinajstić information content (AvgIpc) is 3.39. The summed E-state index contributed by atoms with van der Waals surface area (Å²) in [5.74, 6) is -0.950. The molecule has 36 heavy (non-hydrogen) atoms. The summed E-state index contributed by atoms with van der Waals surface area (Å²) < 4.78 is 31.7. The number of aromatic amines is 1. The predicted octanol–water partition coefficient (Wildman–Crippen LogP) is 2.34. The van der Waals surface area contributed by atoms with Crippen LogP contribution >= 0.6 is 7.75 Å². The number of hydrogen-bond acceptors (Lipinski definition) is 9. The summed E-state index contributed by atoms with van der Waals surface area (Å²) in [5.41, 5.74) is 0.760. The van der Waals surface area contributed by atoms with Gasteiger partial charge in [-0.2, -0.15) is 5.09 Å². The van der Waals surface area contributed by atoms with Gasteiger partial charge in [0.2, 0.25) is 0 Å². The number of ether oxygens (including phenoxy) is 1. The molecule has 192 valence electrons. The van der Waals surface area contributed by atoms with E-state index in [4.69, 9.17) is 13.8 Å². The summed E-state index contributed by atoms with van der Waals surface area (Å²) in [4.78, 5) is 34.9. The van der Waals surface area contributed by atoms with Gasteiger partial charge in [0.1, 0.15) is 11.8 Å². The van der Waals surface area contributed by atoms with E-state index in [-0.39, 0.29) is 36.5 Å². The van der Waals surface area contributed by atoms with Crippen molar-refractivity contribution < 1.29 is 28.3 Å². The first-order valence-electron chi connectivity index (χ1n) is 11.4. The van der Waals surface area contributed by atoms with Gasteiger partial charge in [0.15, 0.2) is 11.2 Å². The number of nitrogens with one attached hydrogen (secondary N) is 2. The molecule has 3 aromatic rings. The standard InChI is InChI=1S/C23H28N5O7P/c1-4-33-23(31)15(3)27-36(32,35-16-8-6-5-7-9-16)34-11-17-14(2)18(10-19(17)29)28-13-26-20-21(28)24-12-25-22(20)30/h5-9,12-13,15,17-19,29H,2,4,10-11H2,1,3H3,(H,27,32)(H,24,25,30)/t15-,17-,18-,19-,36?/m0/s1. The molecule has 0 bridgehead atoms. The van der Waals surface area contributed by atoms with Crippen molar-refractivity contribution in [2.45, 2.75) is 38.5 Å². The zero-order valence-electron chi connectivity index (χ0n) is 19.9. The van der Waals surface area contributed by atoms with Crippen LogP contribution < -0.4 is 15.2 Å². The maximum Gasteiger partial charge on any atom is 0.459 e. The number of aliphatic hydroxyl groups excluding tert-OH is 1. The van der Waals surface area contributed by atoms with Crippen LogP contribution in [0.3, 0.4) is 0 Å². The van der Waals surface area contributed by atoms with Crippen LogP contribution in [0, 0.1) is 5.92 Å². The number of imidazole rings is 1. The summed E-state index contributed by atoms with van der Waals surface area (Å²) >= 11 is 0. The van der Waals surface area contributed by atoms with E-state index in [0.29, 0.717) is 11.2 Å². The Labute approximate surface area is 206 Å². The number of H-pyrrole nitrogens is 1. The van der Waals surface area contributed by atoms with E-state index in [1.165, 1.54) is 19.6 Å². The highest BCUT2D eigenvalue weighted by atomic mass is 31.2. The van der Waals surface area contributed by atoms with Crippen LogP contribution in [0.25, 0.3) is 11.2 Å². The molecular weight excluding hydrogens is 489 g/mol. The van der Waals surface area contributed by atoms with Gasteiger partial charge in [-0.05, 0) is 38.0 Å². The molecule has 1 aliphatic rings. The van der Waals surface area contributed by atoms with Gasteiger partial charge < -0.3 is 23.9 Å². The second-order valence-electron chi connectivity index (χ2n) is 8.36. The zero-order chi connectivity index (χ0) is 25.9. The maximum absolute atomic E-state index is 13.7. The Morgan fingerprint density at radius 2 is 2.11 bits per heavy atom. The lowest BCUT2D eigenvalue weighted by molar-refractivity contribution is -0.144. The van der Waals surface area contributed by atoms with Gasteiger partial charge in [-0.1, -0.05) is 24.8 Å². The zero-order valence-corrected chi connectivity index (χ0v) is 20.8. The number of carbonyl (C=O) groups is 1. The van der Waals surface area contributed by atoms with Crippen molar-refractivity contribution in [3.63, 3.8) is 0 Å². The van der Waals surface area contributed by atoms with E-state index in [0.717, 1.165) is 0 Å². The molecule has 0 saturated heterocycles. The van der Waals surface area contributed by atoms with Gasteiger partial charge in [-0.15, -0.1) is 0 Å². The Morgan fingerprint density at radius 1 is 1.36 bits per heavy atom. The molecule has 1 fully saturated rings. The molecule has 0 radical (unpaired) electrons. The number of hydrogen-bond donors (Lipinski definition) is 3. The maximum atomic E-state index is 13.7. The fraction of sp³-hybridized carbons (Fsp3) is 0.391. The Balaban J connectivity index is 1.52. The molecule has 1 aromatic carbocycles. The number of aliphatic hydroxyl groups is 1. The Kier molecular flexibility index (Phi) is 7.70. The number of carbonyl (C=O) groups excluding carboxylic acids is 1. The van der Waals surface area contributed by atoms with Gasteiger partial charge in [0.05, 0.1) is 38.0 Å². The number of esters is 1. The second-order valence-corrected chi connectivity index (χ2v) is 10.1. The molecule has 1 aliphatic carbocycles. The van der Waals surface area contributed by atoms with Crippen molar-refractivity contribution in [3.05, 3.63) is 65.5 Å². The first-order chi connectivity index (χ1) is 17.2. The van der Waals surface area contributed by atoms with Crippen LogP contribution in [0.2, 0.25) is 0 Å². The summed E-state index contributed by atoms with van der Waals surface area (Å²) in [6, 6.07) is 7.00. The third-order valence-electron chi connectivity index (χ3n) is 5.92. The highest BCUT2D eigenvalue weighted by Gasteiger charge is 2.41. The molecule has 0 spiro atoms. The smallest absolute Gasteiger partial charge is 0.459 e. The lowest BCUT2D eigenvalue weighted by atomic mass is 10.0. The molecular formula is C23H28N5O7P. The van der Waals surface area contributed by atoms with E-state index in [9.17, 15) is 19.3 Å². The normalized spacial score (nSPS) is 22.3. The largest absolute Gasteiger partial charge is 0.465 e. The molecule has 1 unspecified atom stereocenters. The molecule has 2 aromatic heterocycles. The van der Waals surface area contributed by atoms with E-state index in [1.54, 1.807) is 41.8 Å². The minimum Gasteiger partial charge on any atom is -0.465 e. The van der Waals surface area contributed by atoms with Gasteiger partial charge in [0, 0.05) is 5.92 Å². The average molecular weight is 517 g/mol. The molecule has 2 heterocycles. The highest BCUT2D eigenvalue weighted by molar-refractivity contribution is 7.52.